The van der Waals surface area contributed by atoms with Gasteiger partial charge in [0.1, 0.15) is 10.6 Å². The zero-order chi connectivity index (χ0) is 13.1. The highest BCUT2D eigenvalue weighted by molar-refractivity contribution is 7.12. The molecule has 0 bridgehead atoms. The Kier molecular flexibility index (Phi) is 3.53. The minimum absolute atomic E-state index is 0.137. The van der Waals surface area contributed by atoms with E-state index in [2.05, 4.69) is 0 Å². The fourth-order valence-corrected chi connectivity index (χ4v) is 2.49. The van der Waals surface area contributed by atoms with Crippen molar-refractivity contribution in [1.82, 2.24) is 0 Å². The second-order valence-corrected chi connectivity index (χ2v) is 4.69. The largest absolute Gasteiger partial charge is 0.508 e. The van der Waals surface area contributed by atoms with Crippen LogP contribution in [-0.4, -0.2) is 17.6 Å². The molecule has 0 aliphatic carbocycles. The summed E-state index contributed by atoms with van der Waals surface area (Å²) in [6.07, 6.45) is 0. The molecule has 4 nitrogen and oxygen atoms in total. The highest BCUT2D eigenvalue weighted by atomic mass is 32.1. The van der Waals surface area contributed by atoms with E-state index in [1.165, 1.54) is 11.3 Å². The summed E-state index contributed by atoms with van der Waals surface area (Å²) < 4.78 is 0. The number of benzene rings is 1. The maximum atomic E-state index is 12.3. The van der Waals surface area contributed by atoms with Gasteiger partial charge in [-0.05, 0) is 30.5 Å². The normalized spacial score (nSPS) is 10.3. The van der Waals surface area contributed by atoms with Gasteiger partial charge in [-0.2, -0.15) is 0 Å². The Morgan fingerprint density at radius 2 is 2.22 bits per heavy atom. The lowest BCUT2D eigenvalue weighted by molar-refractivity contribution is 0.0993. The van der Waals surface area contributed by atoms with Crippen LogP contribution < -0.4 is 10.6 Å². The first-order chi connectivity index (χ1) is 8.63. The topological polar surface area (TPSA) is 66.6 Å². The molecule has 0 unspecified atom stereocenters. The first-order valence-electron chi connectivity index (χ1n) is 5.57. The van der Waals surface area contributed by atoms with E-state index in [4.69, 9.17) is 5.73 Å². The van der Waals surface area contributed by atoms with Crippen molar-refractivity contribution >= 4 is 28.6 Å². The van der Waals surface area contributed by atoms with Crippen molar-refractivity contribution in [2.24, 2.45) is 0 Å². The minimum atomic E-state index is -0.143. The number of rotatable bonds is 3. The van der Waals surface area contributed by atoms with Crippen molar-refractivity contribution < 1.29 is 9.90 Å². The van der Waals surface area contributed by atoms with Gasteiger partial charge >= 0.3 is 0 Å². The van der Waals surface area contributed by atoms with E-state index in [1.807, 2.05) is 6.92 Å². The van der Waals surface area contributed by atoms with Crippen LogP contribution in [-0.2, 0) is 0 Å². The number of thiophene rings is 1. The van der Waals surface area contributed by atoms with Crippen molar-refractivity contribution in [1.29, 1.82) is 0 Å². The molecule has 5 heteroatoms. The lowest BCUT2D eigenvalue weighted by atomic mass is 10.2. The van der Waals surface area contributed by atoms with E-state index in [9.17, 15) is 9.90 Å². The summed E-state index contributed by atoms with van der Waals surface area (Å²) in [5, 5.41) is 11.3. The third-order valence-electron chi connectivity index (χ3n) is 2.59. The van der Waals surface area contributed by atoms with Crippen molar-refractivity contribution in [3.63, 3.8) is 0 Å². The van der Waals surface area contributed by atoms with Gasteiger partial charge in [-0.3, -0.25) is 4.79 Å². The molecule has 0 saturated heterocycles. The van der Waals surface area contributed by atoms with E-state index in [0.717, 1.165) is 0 Å². The number of amides is 1. The minimum Gasteiger partial charge on any atom is -0.508 e. The Balaban J connectivity index is 2.35. The van der Waals surface area contributed by atoms with Gasteiger partial charge in [-0.25, -0.2) is 0 Å². The SMILES string of the molecule is CCN(C(=O)c1sccc1N)c1cccc(O)c1. The number of anilines is 2. The van der Waals surface area contributed by atoms with Gasteiger partial charge in [0.15, 0.2) is 0 Å². The lowest BCUT2D eigenvalue weighted by Gasteiger charge is -2.20. The van der Waals surface area contributed by atoms with Crippen molar-refractivity contribution in [2.45, 2.75) is 6.92 Å². The third kappa shape index (κ3) is 2.31. The van der Waals surface area contributed by atoms with Crippen LogP contribution >= 0.6 is 11.3 Å². The third-order valence-corrected chi connectivity index (χ3v) is 3.51. The summed E-state index contributed by atoms with van der Waals surface area (Å²) >= 11 is 1.32. The van der Waals surface area contributed by atoms with Crippen molar-refractivity contribution in [2.75, 3.05) is 17.2 Å². The molecule has 0 radical (unpaired) electrons. The standard InChI is InChI=1S/C13H14N2O2S/c1-2-15(9-4-3-5-10(16)8-9)13(17)12-11(14)6-7-18-12/h3-8,16H,2,14H2,1H3. The van der Waals surface area contributed by atoms with Gasteiger partial charge in [0.25, 0.3) is 5.91 Å². The number of nitrogens with zero attached hydrogens (tertiary/aromatic N) is 1. The molecule has 3 N–H and O–H groups in total. The maximum Gasteiger partial charge on any atom is 0.270 e. The maximum absolute atomic E-state index is 12.3. The van der Waals surface area contributed by atoms with Crippen LogP contribution in [0.25, 0.3) is 0 Å². The Morgan fingerprint density at radius 1 is 1.44 bits per heavy atom. The van der Waals surface area contributed by atoms with Gasteiger partial charge in [-0.15, -0.1) is 11.3 Å². The van der Waals surface area contributed by atoms with E-state index in [1.54, 1.807) is 40.6 Å². The first-order valence-corrected chi connectivity index (χ1v) is 6.45. The molecule has 0 saturated carbocycles. The molecule has 0 fully saturated rings. The number of nitrogens with two attached hydrogens (primary N) is 1. The molecular weight excluding hydrogens is 248 g/mol. The zero-order valence-electron chi connectivity index (χ0n) is 9.96. The lowest BCUT2D eigenvalue weighted by Crippen LogP contribution is -2.30. The number of phenolic OH excluding ortho intramolecular Hbond substituents is 1. The predicted octanol–water partition coefficient (Wildman–Crippen LogP) is 2.70. The Labute approximate surface area is 109 Å². The number of carbonyl (C=O) groups excluding carboxylic acids is 1. The molecule has 94 valence electrons. The molecule has 1 aromatic carbocycles. The van der Waals surface area contributed by atoms with Gasteiger partial charge < -0.3 is 15.7 Å². The van der Waals surface area contributed by atoms with E-state index < -0.39 is 0 Å². The van der Waals surface area contributed by atoms with Gasteiger partial charge in [0.05, 0.1) is 5.69 Å². The molecule has 0 spiro atoms. The van der Waals surface area contributed by atoms with Crippen LogP contribution in [0, 0.1) is 0 Å². The second-order valence-electron chi connectivity index (χ2n) is 3.77. The first kappa shape index (κ1) is 12.4. The fraction of sp³-hybridized carbons (Fsp3) is 0.154. The van der Waals surface area contributed by atoms with Crippen LogP contribution in [0.2, 0.25) is 0 Å². The smallest absolute Gasteiger partial charge is 0.270 e. The fourth-order valence-electron chi connectivity index (χ4n) is 1.72. The van der Waals surface area contributed by atoms with Crippen molar-refractivity contribution in [3.05, 3.63) is 40.6 Å². The molecule has 0 aliphatic heterocycles. The van der Waals surface area contributed by atoms with Gasteiger partial charge in [-0.1, -0.05) is 6.07 Å². The summed E-state index contributed by atoms with van der Waals surface area (Å²) in [7, 11) is 0. The van der Waals surface area contributed by atoms with Crippen LogP contribution in [0.15, 0.2) is 35.7 Å². The van der Waals surface area contributed by atoms with Gasteiger partial charge in [0.2, 0.25) is 0 Å². The second kappa shape index (κ2) is 5.10. The molecule has 18 heavy (non-hydrogen) atoms. The quantitative estimate of drug-likeness (QED) is 0.893. The van der Waals surface area contributed by atoms with Gasteiger partial charge in [0, 0.05) is 18.3 Å². The number of nitrogen functional groups attached to an aromatic ring is 1. The van der Waals surface area contributed by atoms with E-state index >= 15 is 0 Å². The molecule has 1 aromatic heterocycles. The zero-order valence-corrected chi connectivity index (χ0v) is 10.8. The number of carbonyl (C=O) groups is 1. The summed E-state index contributed by atoms with van der Waals surface area (Å²) in [6.45, 7) is 2.39. The number of hydrogen-bond acceptors (Lipinski definition) is 4. The number of aromatic hydroxyl groups is 1. The average Bonchev–Trinajstić information content (AvgIpc) is 2.76. The van der Waals surface area contributed by atoms with Crippen LogP contribution in [0.3, 0.4) is 0 Å². The summed E-state index contributed by atoms with van der Waals surface area (Å²) in [4.78, 5) is 14.5. The molecule has 0 aliphatic rings. The molecule has 1 amide bonds. The van der Waals surface area contributed by atoms with Crippen LogP contribution in [0.1, 0.15) is 16.6 Å². The van der Waals surface area contributed by atoms with E-state index in [-0.39, 0.29) is 11.7 Å². The monoisotopic (exact) mass is 262 g/mol. The number of hydrogen-bond donors (Lipinski definition) is 2. The molecule has 2 aromatic rings. The Bertz CT molecular complexity index is 566. The molecular formula is C13H14N2O2S. The molecule has 1 heterocycles. The average molecular weight is 262 g/mol. The number of phenols is 1. The van der Waals surface area contributed by atoms with Crippen LogP contribution in [0.5, 0.6) is 5.75 Å². The predicted molar refractivity (Wildman–Crippen MR) is 74.2 cm³/mol. The molecule has 2 rings (SSSR count). The summed E-state index contributed by atoms with van der Waals surface area (Å²) in [5.41, 5.74) is 6.91. The summed E-state index contributed by atoms with van der Waals surface area (Å²) in [6, 6.07) is 8.34. The molecule has 0 atom stereocenters. The highest BCUT2D eigenvalue weighted by Crippen LogP contribution is 2.26. The van der Waals surface area contributed by atoms with Crippen LogP contribution in [0.4, 0.5) is 11.4 Å². The summed E-state index contributed by atoms with van der Waals surface area (Å²) in [5.74, 6) is -0.00602. The Morgan fingerprint density at radius 3 is 2.78 bits per heavy atom. The van der Waals surface area contributed by atoms with E-state index in [0.29, 0.717) is 22.8 Å². The highest BCUT2D eigenvalue weighted by Gasteiger charge is 2.19. The Hall–Kier alpha value is -2.01. The van der Waals surface area contributed by atoms with Crippen molar-refractivity contribution in [3.8, 4) is 5.75 Å².